The number of rotatable bonds is 7. The minimum atomic E-state index is -1.01. The van der Waals surface area contributed by atoms with Gasteiger partial charge in [-0.05, 0) is 54.8 Å². The van der Waals surface area contributed by atoms with Crippen molar-refractivity contribution in [3.05, 3.63) is 89.3 Å². The summed E-state index contributed by atoms with van der Waals surface area (Å²) in [5.41, 5.74) is 2.20. The maximum Gasteiger partial charge on any atom is 0.201 e. The zero-order valence-corrected chi connectivity index (χ0v) is 16.2. The lowest BCUT2D eigenvalue weighted by Crippen LogP contribution is -1.99. The molecule has 0 radical (unpaired) electrons. The van der Waals surface area contributed by atoms with Gasteiger partial charge in [-0.15, -0.1) is 0 Å². The molecule has 0 amide bonds. The van der Waals surface area contributed by atoms with Gasteiger partial charge in [-0.25, -0.2) is 8.78 Å². The van der Waals surface area contributed by atoms with Gasteiger partial charge in [-0.1, -0.05) is 42.5 Å². The van der Waals surface area contributed by atoms with Gasteiger partial charge in [0.05, 0.1) is 6.61 Å². The van der Waals surface area contributed by atoms with Gasteiger partial charge in [0.25, 0.3) is 0 Å². The summed E-state index contributed by atoms with van der Waals surface area (Å²) in [6.45, 7) is 3.97. The molecular formula is C24H21F3O2. The van der Waals surface area contributed by atoms with Crippen LogP contribution in [0.2, 0.25) is 0 Å². The molecule has 3 aromatic rings. The number of halogens is 3. The summed E-state index contributed by atoms with van der Waals surface area (Å²) in [5.74, 6) is -2.36. The molecule has 0 heterocycles. The fourth-order valence-electron chi connectivity index (χ4n) is 2.89. The van der Waals surface area contributed by atoms with Crippen molar-refractivity contribution in [3.63, 3.8) is 0 Å². The lowest BCUT2D eigenvalue weighted by molar-refractivity contribution is 0.290. The standard InChI is InChI=1S/C24H21F3O2/c1-3-5-16-8-12-21(20(25)14-16)29-15-17-6-9-18(10-7-17)19-11-13-22(28-4-2)24(27)23(19)26/h3,5-14H,4,15H2,1-2H3. The van der Waals surface area contributed by atoms with Crippen molar-refractivity contribution < 1.29 is 22.6 Å². The maximum absolute atomic E-state index is 14.3. The summed E-state index contributed by atoms with van der Waals surface area (Å²) in [4.78, 5) is 0. The van der Waals surface area contributed by atoms with E-state index in [4.69, 9.17) is 9.47 Å². The Labute approximate surface area is 168 Å². The molecule has 5 heteroatoms. The quantitative estimate of drug-likeness (QED) is 0.437. The number of benzene rings is 3. The van der Waals surface area contributed by atoms with Crippen LogP contribution >= 0.6 is 0 Å². The van der Waals surface area contributed by atoms with E-state index in [0.29, 0.717) is 5.56 Å². The van der Waals surface area contributed by atoms with Crippen molar-refractivity contribution in [2.45, 2.75) is 20.5 Å². The van der Waals surface area contributed by atoms with Crippen molar-refractivity contribution in [1.29, 1.82) is 0 Å². The molecule has 3 aromatic carbocycles. The van der Waals surface area contributed by atoms with Crippen molar-refractivity contribution in [2.75, 3.05) is 6.61 Å². The van der Waals surface area contributed by atoms with Gasteiger partial charge in [0, 0.05) is 5.56 Å². The second-order valence-electron chi connectivity index (χ2n) is 6.35. The van der Waals surface area contributed by atoms with Crippen LogP contribution in [0.5, 0.6) is 11.5 Å². The molecule has 0 aliphatic carbocycles. The van der Waals surface area contributed by atoms with Crippen LogP contribution in [0.4, 0.5) is 13.2 Å². The van der Waals surface area contributed by atoms with Crippen LogP contribution in [0.15, 0.2) is 60.7 Å². The van der Waals surface area contributed by atoms with Crippen LogP contribution in [-0.2, 0) is 6.61 Å². The summed E-state index contributed by atoms with van der Waals surface area (Å²) in [5, 5.41) is 0. The molecule has 29 heavy (non-hydrogen) atoms. The van der Waals surface area contributed by atoms with Crippen LogP contribution in [0.3, 0.4) is 0 Å². The summed E-state index contributed by atoms with van der Waals surface area (Å²) in [7, 11) is 0. The molecule has 0 aliphatic heterocycles. The van der Waals surface area contributed by atoms with E-state index >= 15 is 0 Å². The Morgan fingerprint density at radius 2 is 1.55 bits per heavy atom. The lowest BCUT2D eigenvalue weighted by atomic mass is 10.0. The zero-order valence-electron chi connectivity index (χ0n) is 16.2. The largest absolute Gasteiger partial charge is 0.491 e. The molecule has 0 atom stereocenters. The Balaban J connectivity index is 1.72. The average Bonchev–Trinajstić information content (AvgIpc) is 2.72. The third-order valence-electron chi connectivity index (χ3n) is 4.32. The highest BCUT2D eigenvalue weighted by Crippen LogP contribution is 2.30. The van der Waals surface area contributed by atoms with Gasteiger partial charge in [0.1, 0.15) is 6.61 Å². The van der Waals surface area contributed by atoms with Crippen molar-refractivity contribution in [1.82, 2.24) is 0 Å². The minimum absolute atomic E-state index is 0.110. The lowest BCUT2D eigenvalue weighted by Gasteiger charge is -2.11. The molecular weight excluding hydrogens is 377 g/mol. The monoisotopic (exact) mass is 398 g/mol. The first-order chi connectivity index (χ1) is 14.0. The number of allylic oxidation sites excluding steroid dienone is 1. The Bertz CT molecular complexity index is 1010. The third kappa shape index (κ3) is 4.80. The predicted molar refractivity (Wildman–Crippen MR) is 108 cm³/mol. The SMILES string of the molecule is CC=Cc1ccc(OCc2ccc(-c3ccc(OCC)c(F)c3F)cc2)c(F)c1. The van der Waals surface area contributed by atoms with Crippen LogP contribution in [0, 0.1) is 17.5 Å². The number of hydrogen-bond donors (Lipinski definition) is 0. The summed E-state index contributed by atoms with van der Waals surface area (Å²) < 4.78 is 53.1. The first-order valence-corrected chi connectivity index (χ1v) is 9.28. The van der Waals surface area contributed by atoms with E-state index in [0.717, 1.165) is 11.1 Å². The van der Waals surface area contributed by atoms with Crippen molar-refractivity contribution in [3.8, 4) is 22.6 Å². The average molecular weight is 398 g/mol. The van der Waals surface area contributed by atoms with Gasteiger partial charge < -0.3 is 9.47 Å². The molecule has 0 unspecified atom stereocenters. The Hall–Kier alpha value is -3.21. The Morgan fingerprint density at radius 3 is 2.21 bits per heavy atom. The van der Waals surface area contributed by atoms with E-state index in [9.17, 15) is 13.2 Å². The van der Waals surface area contributed by atoms with E-state index in [2.05, 4.69) is 0 Å². The molecule has 0 saturated heterocycles. The normalized spacial score (nSPS) is 11.1. The highest BCUT2D eigenvalue weighted by atomic mass is 19.2. The van der Waals surface area contributed by atoms with Gasteiger partial charge in [0.2, 0.25) is 5.82 Å². The van der Waals surface area contributed by atoms with Crippen LogP contribution in [-0.4, -0.2) is 6.61 Å². The highest BCUT2D eigenvalue weighted by molar-refractivity contribution is 5.65. The predicted octanol–water partition coefficient (Wildman–Crippen LogP) is 6.78. The van der Waals surface area contributed by atoms with E-state index < -0.39 is 17.5 Å². The molecule has 0 fully saturated rings. The van der Waals surface area contributed by atoms with E-state index in [-0.39, 0.29) is 30.3 Å². The molecule has 0 N–H and O–H groups in total. The van der Waals surface area contributed by atoms with Crippen LogP contribution in [0.1, 0.15) is 25.0 Å². The fourth-order valence-corrected chi connectivity index (χ4v) is 2.89. The van der Waals surface area contributed by atoms with Gasteiger partial charge in [-0.3, -0.25) is 0 Å². The van der Waals surface area contributed by atoms with Gasteiger partial charge in [0.15, 0.2) is 23.1 Å². The topological polar surface area (TPSA) is 18.5 Å². The Morgan fingerprint density at radius 1 is 0.828 bits per heavy atom. The molecule has 3 rings (SSSR count). The van der Waals surface area contributed by atoms with Gasteiger partial charge in [-0.2, -0.15) is 4.39 Å². The van der Waals surface area contributed by atoms with Crippen molar-refractivity contribution >= 4 is 6.08 Å². The maximum atomic E-state index is 14.3. The molecule has 0 bridgehead atoms. The third-order valence-corrected chi connectivity index (χ3v) is 4.32. The molecule has 2 nitrogen and oxygen atoms in total. The van der Waals surface area contributed by atoms with Crippen molar-refractivity contribution in [2.24, 2.45) is 0 Å². The summed E-state index contributed by atoms with van der Waals surface area (Å²) in [6, 6.07) is 14.4. The second kappa shape index (κ2) is 9.32. The highest BCUT2D eigenvalue weighted by Gasteiger charge is 2.15. The smallest absolute Gasteiger partial charge is 0.201 e. The first kappa shape index (κ1) is 20.5. The molecule has 0 saturated carbocycles. The fraction of sp³-hybridized carbons (Fsp3) is 0.167. The van der Waals surface area contributed by atoms with Crippen LogP contribution < -0.4 is 9.47 Å². The first-order valence-electron chi connectivity index (χ1n) is 9.28. The molecule has 0 aromatic heterocycles. The molecule has 0 spiro atoms. The Kier molecular flexibility index (Phi) is 6.60. The van der Waals surface area contributed by atoms with Crippen LogP contribution in [0.25, 0.3) is 17.2 Å². The number of ether oxygens (including phenoxy) is 2. The number of hydrogen-bond acceptors (Lipinski definition) is 2. The molecule has 150 valence electrons. The van der Waals surface area contributed by atoms with E-state index in [1.807, 2.05) is 13.0 Å². The van der Waals surface area contributed by atoms with E-state index in [1.54, 1.807) is 49.4 Å². The van der Waals surface area contributed by atoms with Gasteiger partial charge >= 0.3 is 0 Å². The van der Waals surface area contributed by atoms with E-state index in [1.165, 1.54) is 18.2 Å². The molecule has 0 aliphatic rings. The minimum Gasteiger partial charge on any atom is -0.491 e. The zero-order chi connectivity index (χ0) is 20.8. The summed E-state index contributed by atoms with van der Waals surface area (Å²) in [6.07, 6.45) is 3.63. The second-order valence-corrected chi connectivity index (χ2v) is 6.35. The summed E-state index contributed by atoms with van der Waals surface area (Å²) >= 11 is 0.